The highest BCUT2D eigenvalue weighted by Gasteiger charge is 2.19. The van der Waals surface area contributed by atoms with E-state index < -0.39 is 0 Å². The van der Waals surface area contributed by atoms with Gasteiger partial charge >= 0.3 is 0 Å². The van der Waals surface area contributed by atoms with Crippen LogP contribution in [0.1, 0.15) is 19.3 Å². The average Bonchev–Trinajstić information content (AvgIpc) is 3.52. The second-order valence-corrected chi connectivity index (χ2v) is 8.18. The van der Waals surface area contributed by atoms with Crippen molar-refractivity contribution in [1.82, 2.24) is 29.4 Å². The van der Waals surface area contributed by atoms with Crippen molar-refractivity contribution < 1.29 is 4.39 Å². The Kier molecular flexibility index (Phi) is 4.83. The van der Waals surface area contributed by atoms with Crippen LogP contribution in [0, 0.1) is 5.82 Å². The largest absolute Gasteiger partial charge is 0.356 e. The van der Waals surface area contributed by atoms with Crippen LogP contribution in [0.25, 0.3) is 34.0 Å². The highest BCUT2D eigenvalue weighted by molar-refractivity contribution is 5.67. The molecule has 164 valence electrons. The van der Waals surface area contributed by atoms with Gasteiger partial charge in [-0.3, -0.25) is 4.98 Å². The summed E-state index contributed by atoms with van der Waals surface area (Å²) in [6.45, 7) is 1.95. The van der Waals surface area contributed by atoms with Crippen LogP contribution in [0.2, 0.25) is 0 Å². The van der Waals surface area contributed by atoms with Crippen LogP contribution < -0.4 is 4.90 Å². The molecule has 0 aliphatic carbocycles. The zero-order chi connectivity index (χ0) is 22.2. The first-order valence-corrected chi connectivity index (χ1v) is 11.1. The number of halogens is 1. The first kappa shape index (κ1) is 19.6. The van der Waals surface area contributed by atoms with Gasteiger partial charge in [0.2, 0.25) is 0 Å². The molecule has 0 bridgehead atoms. The Morgan fingerprint density at radius 3 is 2.45 bits per heavy atom. The van der Waals surface area contributed by atoms with Crippen LogP contribution in [0.3, 0.4) is 0 Å². The fourth-order valence-electron chi connectivity index (χ4n) is 4.34. The number of pyridine rings is 1. The number of hydrogen-bond donors (Lipinski definition) is 0. The number of benzene rings is 1. The quantitative estimate of drug-likeness (QED) is 0.404. The number of rotatable bonds is 4. The van der Waals surface area contributed by atoms with Crippen molar-refractivity contribution in [3.05, 3.63) is 79.0 Å². The van der Waals surface area contributed by atoms with Gasteiger partial charge in [0.25, 0.3) is 0 Å². The fraction of sp³-hybridized carbons (Fsp3) is 0.200. The highest BCUT2D eigenvalue weighted by atomic mass is 19.1. The summed E-state index contributed by atoms with van der Waals surface area (Å²) in [6.07, 6.45) is 8.88. The van der Waals surface area contributed by atoms with Crippen molar-refractivity contribution in [3.63, 3.8) is 0 Å². The molecule has 0 unspecified atom stereocenters. The van der Waals surface area contributed by atoms with Crippen LogP contribution in [0.4, 0.5) is 10.2 Å². The van der Waals surface area contributed by atoms with Gasteiger partial charge in [0, 0.05) is 54.9 Å². The SMILES string of the molecule is Fc1ccccc1-c1ccn(-c2cc(N3CCCCC3)n3nc(-c4ccncc4)cc3n2)n1. The van der Waals surface area contributed by atoms with Crippen LogP contribution in [0.15, 0.2) is 73.2 Å². The highest BCUT2D eigenvalue weighted by Crippen LogP contribution is 2.27. The van der Waals surface area contributed by atoms with Gasteiger partial charge in [0.1, 0.15) is 11.6 Å². The Hall–Kier alpha value is -4.07. The molecule has 0 N–H and O–H groups in total. The van der Waals surface area contributed by atoms with Crippen LogP contribution >= 0.6 is 0 Å². The monoisotopic (exact) mass is 439 g/mol. The van der Waals surface area contributed by atoms with E-state index in [4.69, 9.17) is 10.1 Å². The molecule has 1 aliphatic rings. The fourth-order valence-corrected chi connectivity index (χ4v) is 4.34. The second-order valence-electron chi connectivity index (χ2n) is 8.18. The molecule has 7 nitrogen and oxygen atoms in total. The minimum Gasteiger partial charge on any atom is -0.356 e. The lowest BCUT2D eigenvalue weighted by Crippen LogP contribution is -2.31. The van der Waals surface area contributed by atoms with Gasteiger partial charge in [-0.2, -0.15) is 14.7 Å². The summed E-state index contributed by atoms with van der Waals surface area (Å²) in [5, 5.41) is 9.49. The molecule has 1 saturated heterocycles. The summed E-state index contributed by atoms with van der Waals surface area (Å²) >= 11 is 0. The van der Waals surface area contributed by atoms with Gasteiger partial charge in [-0.05, 0) is 49.6 Å². The molecule has 1 fully saturated rings. The Balaban J connectivity index is 1.48. The molecule has 8 heteroatoms. The van der Waals surface area contributed by atoms with Crippen molar-refractivity contribution in [3.8, 4) is 28.3 Å². The van der Waals surface area contributed by atoms with Crippen molar-refractivity contribution in [2.24, 2.45) is 0 Å². The molecule has 1 aromatic carbocycles. The molecule has 0 spiro atoms. The zero-order valence-electron chi connectivity index (χ0n) is 18.0. The van der Waals surface area contributed by atoms with Gasteiger partial charge in [-0.1, -0.05) is 12.1 Å². The van der Waals surface area contributed by atoms with E-state index in [0.717, 1.165) is 48.7 Å². The maximum Gasteiger partial charge on any atom is 0.160 e. The lowest BCUT2D eigenvalue weighted by atomic mass is 10.1. The summed E-state index contributed by atoms with van der Waals surface area (Å²) in [7, 11) is 0. The van der Waals surface area contributed by atoms with Crippen molar-refractivity contribution in [2.45, 2.75) is 19.3 Å². The standard InChI is InChI=1S/C25H22FN7/c26-20-7-3-2-6-19(20)21-10-15-32(29-21)23-17-25(31-13-4-1-5-14-31)33-24(28-23)16-22(30-33)18-8-11-27-12-9-18/h2-3,6-12,15-17H,1,4-5,13-14H2. The number of nitrogens with zero attached hydrogens (tertiary/aromatic N) is 7. The molecule has 0 atom stereocenters. The molecule has 1 aliphatic heterocycles. The third kappa shape index (κ3) is 3.63. The molecule has 0 radical (unpaired) electrons. The molecule has 33 heavy (non-hydrogen) atoms. The average molecular weight is 439 g/mol. The van der Waals surface area contributed by atoms with Crippen LogP contribution in [0.5, 0.6) is 0 Å². The Morgan fingerprint density at radius 1 is 0.818 bits per heavy atom. The summed E-state index contributed by atoms with van der Waals surface area (Å²) < 4.78 is 17.9. The number of hydrogen-bond acceptors (Lipinski definition) is 5. The molecule has 5 heterocycles. The van der Waals surface area contributed by atoms with Crippen molar-refractivity contribution in [1.29, 1.82) is 0 Å². The summed E-state index contributed by atoms with van der Waals surface area (Å²) in [4.78, 5) is 11.3. The molecular weight excluding hydrogens is 417 g/mol. The Bertz CT molecular complexity index is 1420. The Morgan fingerprint density at radius 2 is 1.64 bits per heavy atom. The lowest BCUT2D eigenvalue weighted by Gasteiger charge is -2.29. The van der Waals surface area contributed by atoms with E-state index in [1.54, 1.807) is 29.2 Å². The number of anilines is 1. The summed E-state index contributed by atoms with van der Waals surface area (Å²) in [5.41, 5.74) is 3.61. The molecular formula is C25H22FN7. The third-order valence-electron chi connectivity index (χ3n) is 6.02. The lowest BCUT2D eigenvalue weighted by molar-refractivity contribution is 0.568. The van der Waals surface area contributed by atoms with E-state index in [-0.39, 0.29) is 5.82 Å². The van der Waals surface area contributed by atoms with Crippen LogP contribution in [-0.4, -0.2) is 42.5 Å². The first-order chi connectivity index (χ1) is 16.3. The predicted octanol–water partition coefficient (Wildman–Crippen LogP) is 4.77. The van der Waals surface area contributed by atoms with Gasteiger partial charge in [0.15, 0.2) is 11.5 Å². The van der Waals surface area contributed by atoms with Crippen LogP contribution in [-0.2, 0) is 0 Å². The van der Waals surface area contributed by atoms with Gasteiger partial charge in [-0.25, -0.2) is 14.1 Å². The van der Waals surface area contributed by atoms with Gasteiger partial charge in [-0.15, -0.1) is 0 Å². The molecule has 0 amide bonds. The second kappa shape index (κ2) is 8.12. The van der Waals surface area contributed by atoms with Gasteiger partial charge < -0.3 is 4.90 Å². The summed E-state index contributed by atoms with van der Waals surface area (Å²) in [5.74, 6) is 1.36. The number of fused-ring (bicyclic) bond motifs is 1. The van der Waals surface area contributed by atoms with E-state index in [9.17, 15) is 4.39 Å². The molecule has 0 saturated carbocycles. The zero-order valence-corrected chi connectivity index (χ0v) is 18.0. The maximum atomic E-state index is 14.3. The van der Waals surface area contributed by atoms with Crippen molar-refractivity contribution in [2.75, 3.05) is 18.0 Å². The smallest absolute Gasteiger partial charge is 0.160 e. The van der Waals surface area contributed by atoms with E-state index >= 15 is 0 Å². The van der Waals surface area contributed by atoms with Crippen molar-refractivity contribution >= 4 is 11.5 Å². The first-order valence-electron chi connectivity index (χ1n) is 11.1. The van der Waals surface area contributed by atoms with E-state index in [1.807, 2.05) is 47.1 Å². The molecule has 4 aromatic heterocycles. The molecule has 6 rings (SSSR count). The predicted molar refractivity (Wildman–Crippen MR) is 125 cm³/mol. The topological polar surface area (TPSA) is 64.1 Å². The number of aromatic nitrogens is 6. The summed E-state index contributed by atoms with van der Waals surface area (Å²) in [6, 6.07) is 16.3. The minimum absolute atomic E-state index is 0.294. The number of piperidine rings is 1. The molecule has 5 aromatic rings. The van der Waals surface area contributed by atoms with E-state index in [2.05, 4.69) is 15.0 Å². The maximum absolute atomic E-state index is 14.3. The van der Waals surface area contributed by atoms with Gasteiger partial charge in [0.05, 0.1) is 11.4 Å². The minimum atomic E-state index is -0.294. The van der Waals surface area contributed by atoms with E-state index in [0.29, 0.717) is 17.1 Å². The normalized spacial score (nSPS) is 14.2. The third-order valence-corrected chi connectivity index (χ3v) is 6.02. The van der Waals surface area contributed by atoms with E-state index in [1.165, 1.54) is 12.5 Å². The Labute approximate surface area is 190 Å².